The summed E-state index contributed by atoms with van der Waals surface area (Å²) in [4.78, 5) is 44.6. The van der Waals surface area contributed by atoms with Crippen molar-refractivity contribution in [3.05, 3.63) is 102 Å². The van der Waals surface area contributed by atoms with Gasteiger partial charge in [0.1, 0.15) is 6.10 Å². The number of carbonyl (C=O) groups excluding carboxylic acids is 3. The smallest absolute Gasteiger partial charge is 0.407 e. The molecule has 3 fully saturated rings. The molecule has 0 saturated heterocycles. The monoisotopic (exact) mass is 890 g/mol. The summed E-state index contributed by atoms with van der Waals surface area (Å²) in [5.41, 5.74) is 6.04. The van der Waals surface area contributed by atoms with E-state index in [-0.39, 0.29) is 29.4 Å². The van der Waals surface area contributed by atoms with Gasteiger partial charge in [-0.2, -0.15) is 0 Å². The van der Waals surface area contributed by atoms with Crippen molar-refractivity contribution >= 4 is 45.7 Å². The summed E-state index contributed by atoms with van der Waals surface area (Å²) in [6.45, 7) is 13.4. The number of anilines is 3. The molecule has 2 aliphatic heterocycles. The molecule has 8 atom stereocenters. The molecule has 0 aromatic heterocycles. The predicted octanol–water partition coefficient (Wildman–Crippen LogP) is 14.7. The number of imide groups is 1. The molecule has 66 heavy (non-hydrogen) atoms. The summed E-state index contributed by atoms with van der Waals surface area (Å²) in [6, 6.07) is 25.4. The van der Waals surface area contributed by atoms with Crippen LogP contribution in [0.4, 0.5) is 21.9 Å². The van der Waals surface area contributed by atoms with Crippen molar-refractivity contribution in [2.75, 3.05) is 18.0 Å². The first-order chi connectivity index (χ1) is 32.0. The number of carbonyl (C=O) groups is 3. The van der Waals surface area contributed by atoms with Crippen molar-refractivity contribution in [1.82, 2.24) is 10.2 Å². The summed E-state index contributed by atoms with van der Waals surface area (Å²) in [5.74, 6) is 5.89. The third-order valence-corrected chi connectivity index (χ3v) is 17.8. The summed E-state index contributed by atoms with van der Waals surface area (Å²) in [7, 11) is 0. The highest BCUT2D eigenvalue weighted by Crippen LogP contribution is 2.67. The number of unbranched alkanes of at least 4 members (excludes halogenated alkanes) is 3. The number of para-hydroxylation sites is 4. The maximum absolute atomic E-state index is 14.0. The van der Waals surface area contributed by atoms with Crippen LogP contribution in [0.15, 0.2) is 90.5 Å². The van der Waals surface area contributed by atoms with Gasteiger partial charge in [0.05, 0.1) is 17.1 Å². The van der Waals surface area contributed by atoms with Crippen LogP contribution < -0.4 is 15.0 Å². The van der Waals surface area contributed by atoms with E-state index in [0.717, 1.165) is 108 Å². The number of alkyl carbamates (subject to hydrolysis) is 1. The molecule has 1 N–H and O–H groups in total. The van der Waals surface area contributed by atoms with E-state index in [1.807, 2.05) is 78.9 Å². The van der Waals surface area contributed by atoms with Gasteiger partial charge in [-0.15, -0.1) is 0 Å². The molecule has 348 valence electrons. The van der Waals surface area contributed by atoms with E-state index < -0.39 is 0 Å². The normalized spacial score (nSPS) is 27.8. The molecule has 0 spiro atoms. The standard InChI is InChI=1S/C58H71N3O5/c1-37(2)16-14-17-38(3)45-27-28-46-41-25-24-39-36-40(30-32-57(39,4)47(41)31-33-58(45,46)5)65-56(64)59-34-12-6-7-13-35-60-54(62)43-19-15-18-42-48(29-26-44(53(42)43)55(60)63)61-49-20-8-10-22-51(49)66-52-23-11-9-21-50(52)61/h8-11,15,18-24,26,29,37-38,40-41,45-47H,6-7,12-14,16-17,25,27-28,30-36H2,1-5H3,(H,59,64)/t38-,40+,41+,45-,46+,47+,57+,58-/m1/s1. The van der Waals surface area contributed by atoms with Gasteiger partial charge in [0, 0.05) is 41.4 Å². The van der Waals surface area contributed by atoms with Gasteiger partial charge in [-0.3, -0.25) is 14.5 Å². The molecule has 0 unspecified atom stereocenters. The third-order valence-electron chi connectivity index (χ3n) is 17.8. The largest absolute Gasteiger partial charge is 0.453 e. The molecule has 3 saturated carbocycles. The lowest BCUT2D eigenvalue weighted by molar-refractivity contribution is -0.0581. The minimum atomic E-state index is -0.312. The number of nitrogens with one attached hydrogen (secondary N) is 1. The minimum absolute atomic E-state index is 0.0627. The molecule has 0 bridgehead atoms. The molecule has 4 aliphatic carbocycles. The lowest BCUT2D eigenvalue weighted by Crippen LogP contribution is -2.51. The van der Waals surface area contributed by atoms with Crippen molar-refractivity contribution < 1.29 is 23.9 Å². The molecular weight excluding hydrogens is 819 g/mol. The quantitative estimate of drug-likeness (QED) is 0.0679. The molecule has 8 heteroatoms. The first-order valence-corrected chi connectivity index (χ1v) is 25.7. The molecule has 2 heterocycles. The average molecular weight is 890 g/mol. The Morgan fingerprint density at radius 3 is 2.24 bits per heavy atom. The van der Waals surface area contributed by atoms with Gasteiger partial charge in [-0.25, -0.2) is 4.79 Å². The van der Waals surface area contributed by atoms with Crippen LogP contribution in [0.5, 0.6) is 11.5 Å². The van der Waals surface area contributed by atoms with E-state index >= 15 is 0 Å². The number of hydrogen-bond donors (Lipinski definition) is 1. The fraction of sp³-hybridized carbons (Fsp3) is 0.534. The molecule has 0 radical (unpaired) electrons. The summed E-state index contributed by atoms with van der Waals surface area (Å²) < 4.78 is 12.3. The topological polar surface area (TPSA) is 88.2 Å². The Balaban J connectivity index is 0.688. The second-order valence-corrected chi connectivity index (χ2v) is 21.9. The molecule has 10 rings (SSSR count). The first-order valence-electron chi connectivity index (χ1n) is 25.7. The van der Waals surface area contributed by atoms with Gasteiger partial charge in [0.2, 0.25) is 0 Å². The second kappa shape index (κ2) is 18.2. The zero-order valence-corrected chi connectivity index (χ0v) is 40.1. The van der Waals surface area contributed by atoms with Crippen LogP contribution in [-0.4, -0.2) is 42.0 Å². The third kappa shape index (κ3) is 7.92. The lowest BCUT2D eigenvalue weighted by atomic mass is 9.47. The van der Waals surface area contributed by atoms with Crippen LogP contribution in [-0.2, 0) is 4.74 Å². The molecular formula is C58H71N3O5. The fourth-order valence-electron chi connectivity index (χ4n) is 14.4. The van der Waals surface area contributed by atoms with Crippen LogP contribution in [0.1, 0.15) is 152 Å². The number of benzene rings is 4. The number of ether oxygens (including phenoxy) is 2. The number of hydrogen-bond acceptors (Lipinski definition) is 6. The Kier molecular flexibility index (Phi) is 12.3. The Bertz CT molecular complexity index is 2460. The molecule has 8 nitrogen and oxygen atoms in total. The second-order valence-electron chi connectivity index (χ2n) is 21.9. The fourth-order valence-corrected chi connectivity index (χ4v) is 14.4. The number of allylic oxidation sites excluding steroid dienone is 1. The highest BCUT2D eigenvalue weighted by Gasteiger charge is 2.59. The summed E-state index contributed by atoms with van der Waals surface area (Å²) in [6.07, 6.45) is 19.3. The highest BCUT2D eigenvalue weighted by atomic mass is 16.6. The van der Waals surface area contributed by atoms with Crippen LogP contribution >= 0.6 is 0 Å². The van der Waals surface area contributed by atoms with E-state index in [1.54, 1.807) is 5.57 Å². The molecule has 3 amide bonds. The van der Waals surface area contributed by atoms with Crippen LogP contribution in [0, 0.1) is 46.3 Å². The van der Waals surface area contributed by atoms with Crippen molar-refractivity contribution in [2.24, 2.45) is 46.3 Å². The van der Waals surface area contributed by atoms with Gasteiger partial charge in [-0.1, -0.05) is 115 Å². The van der Waals surface area contributed by atoms with Gasteiger partial charge in [0.15, 0.2) is 11.5 Å². The number of fused-ring (bicyclic) bond motifs is 7. The van der Waals surface area contributed by atoms with E-state index in [4.69, 9.17) is 9.47 Å². The van der Waals surface area contributed by atoms with Gasteiger partial charge < -0.3 is 19.7 Å². The van der Waals surface area contributed by atoms with Crippen molar-refractivity contribution in [2.45, 2.75) is 137 Å². The Hall–Kier alpha value is -5.11. The van der Waals surface area contributed by atoms with Crippen LogP contribution in [0.25, 0.3) is 10.8 Å². The Labute approximate surface area is 392 Å². The maximum atomic E-state index is 14.0. The number of rotatable bonds is 14. The first kappa shape index (κ1) is 44.7. The van der Waals surface area contributed by atoms with Gasteiger partial charge in [-0.05, 0) is 147 Å². The SMILES string of the molecule is CC(C)CCC[C@@H](C)[C@H]1CC[C@H]2[C@@H]3CC=C4C[C@@H](OC(=O)NCCCCCCN5C(=O)c6cccc7c(N8c9ccccc9Oc9ccccc98)ccc(c67)C5=O)CC[C@]4(C)[C@H]3CC[C@]12C. The van der Waals surface area contributed by atoms with E-state index in [1.165, 1.54) is 56.3 Å². The molecule has 4 aromatic rings. The van der Waals surface area contributed by atoms with Gasteiger partial charge in [0.25, 0.3) is 11.8 Å². The van der Waals surface area contributed by atoms with E-state index in [2.05, 4.69) is 50.9 Å². The van der Waals surface area contributed by atoms with Crippen molar-refractivity contribution in [3.63, 3.8) is 0 Å². The highest BCUT2D eigenvalue weighted by molar-refractivity contribution is 6.27. The lowest BCUT2D eigenvalue weighted by Gasteiger charge is -2.58. The zero-order chi connectivity index (χ0) is 45.7. The van der Waals surface area contributed by atoms with Crippen molar-refractivity contribution in [3.8, 4) is 11.5 Å². The number of amides is 3. The predicted molar refractivity (Wildman–Crippen MR) is 264 cm³/mol. The molecule has 6 aliphatic rings. The number of nitrogens with zero attached hydrogens (tertiary/aromatic N) is 2. The summed E-state index contributed by atoms with van der Waals surface area (Å²) >= 11 is 0. The van der Waals surface area contributed by atoms with E-state index in [0.29, 0.717) is 41.4 Å². The molecule has 4 aromatic carbocycles. The maximum Gasteiger partial charge on any atom is 0.407 e. The Morgan fingerprint density at radius 1 is 0.758 bits per heavy atom. The van der Waals surface area contributed by atoms with Gasteiger partial charge >= 0.3 is 6.09 Å². The zero-order valence-electron chi connectivity index (χ0n) is 40.1. The minimum Gasteiger partial charge on any atom is -0.453 e. The summed E-state index contributed by atoms with van der Waals surface area (Å²) in [5, 5.41) is 4.56. The van der Waals surface area contributed by atoms with Crippen molar-refractivity contribution in [1.29, 1.82) is 0 Å². The van der Waals surface area contributed by atoms with Crippen LogP contribution in [0.3, 0.4) is 0 Å². The average Bonchev–Trinajstić information content (AvgIpc) is 3.68. The Morgan fingerprint density at radius 2 is 1.48 bits per heavy atom. The van der Waals surface area contributed by atoms with Crippen LogP contribution in [0.2, 0.25) is 0 Å². The van der Waals surface area contributed by atoms with E-state index in [9.17, 15) is 14.4 Å².